The van der Waals surface area contributed by atoms with Gasteiger partial charge in [0, 0.05) is 0 Å². The summed E-state index contributed by atoms with van der Waals surface area (Å²) >= 11 is 5.80. The number of hydrogen-bond donors (Lipinski definition) is 2. The highest BCUT2D eigenvalue weighted by Crippen LogP contribution is 2.27. The van der Waals surface area contributed by atoms with Crippen LogP contribution in [0.2, 0.25) is 5.02 Å². The lowest BCUT2D eigenvalue weighted by Gasteiger charge is -2.09. The maximum Gasteiger partial charge on any atom is 0.338 e. The zero-order valence-corrected chi connectivity index (χ0v) is 8.92. The van der Waals surface area contributed by atoms with Gasteiger partial charge in [0.1, 0.15) is 0 Å². The zero-order chi connectivity index (χ0) is 11.7. The van der Waals surface area contributed by atoms with Crippen LogP contribution in [-0.2, 0) is 0 Å². The number of carboxylic acids is 2. The third-order valence-corrected chi connectivity index (χ3v) is 2.69. The molecule has 4 nitrogen and oxygen atoms in total. The van der Waals surface area contributed by atoms with Gasteiger partial charge in [-0.05, 0) is 31.0 Å². The van der Waals surface area contributed by atoms with Crippen LogP contribution in [0.4, 0.5) is 0 Å². The van der Waals surface area contributed by atoms with Crippen molar-refractivity contribution in [1.82, 2.24) is 0 Å². The highest BCUT2D eigenvalue weighted by Gasteiger charge is 2.22. The number of rotatable bonds is 2. The third-order valence-electron chi connectivity index (χ3n) is 2.21. The van der Waals surface area contributed by atoms with E-state index >= 15 is 0 Å². The van der Waals surface area contributed by atoms with Gasteiger partial charge in [-0.25, -0.2) is 9.59 Å². The summed E-state index contributed by atoms with van der Waals surface area (Å²) in [5.41, 5.74) is 0.601. The molecular formula is C10H9ClO4. The second kappa shape index (κ2) is 3.90. The molecule has 2 N–H and O–H groups in total. The van der Waals surface area contributed by atoms with Crippen molar-refractivity contribution in [2.24, 2.45) is 0 Å². The second-order valence-corrected chi connectivity index (χ2v) is 3.54. The van der Waals surface area contributed by atoms with Crippen molar-refractivity contribution in [3.63, 3.8) is 0 Å². The van der Waals surface area contributed by atoms with E-state index in [-0.39, 0.29) is 16.1 Å². The summed E-state index contributed by atoms with van der Waals surface area (Å²) in [6.07, 6.45) is 0. The molecule has 0 saturated heterocycles. The minimum absolute atomic E-state index is 0.0140. The van der Waals surface area contributed by atoms with Crippen LogP contribution < -0.4 is 0 Å². The molecule has 1 rings (SSSR count). The molecule has 0 amide bonds. The summed E-state index contributed by atoms with van der Waals surface area (Å²) in [6, 6.07) is 1.31. The first-order valence-electron chi connectivity index (χ1n) is 4.12. The highest BCUT2D eigenvalue weighted by atomic mass is 35.5. The van der Waals surface area contributed by atoms with Crippen molar-refractivity contribution in [1.29, 1.82) is 0 Å². The monoisotopic (exact) mass is 228 g/mol. The number of aromatic carboxylic acids is 2. The maximum atomic E-state index is 10.9. The molecule has 80 valence electrons. The van der Waals surface area contributed by atoms with Crippen LogP contribution in [0.5, 0.6) is 0 Å². The molecule has 0 radical (unpaired) electrons. The Hall–Kier alpha value is -1.55. The van der Waals surface area contributed by atoms with Gasteiger partial charge in [0.05, 0.1) is 16.1 Å². The van der Waals surface area contributed by atoms with Gasteiger partial charge in [0.25, 0.3) is 0 Å². The van der Waals surface area contributed by atoms with Crippen LogP contribution in [0.25, 0.3) is 0 Å². The topological polar surface area (TPSA) is 74.6 Å². The van der Waals surface area contributed by atoms with Crippen molar-refractivity contribution in [2.75, 3.05) is 0 Å². The SMILES string of the molecule is Cc1cc(C(=O)O)c(C(=O)O)c(Cl)c1C. The molecule has 0 spiro atoms. The van der Waals surface area contributed by atoms with Crippen molar-refractivity contribution in [3.05, 3.63) is 33.3 Å². The van der Waals surface area contributed by atoms with Gasteiger partial charge < -0.3 is 10.2 Å². The summed E-state index contributed by atoms with van der Waals surface area (Å²) in [5, 5.41) is 17.7. The van der Waals surface area contributed by atoms with Gasteiger partial charge in [-0.15, -0.1) is 0 Å². The Balaban J connectivity index is 3.65. The minimum atomic E-state index is -1.33. The smallest absolute Gasteiger partial charge is 0.338 e. The lowest BCUT2D eigenvalue weighted by Crippen LogP contribution is -2.10. The number of carbonyl (C=O) groups is 2. The van der Waals surface area contributed by atoms with E-state index < -0.39 is 11.9 Å². The minimum Gasteiger partial charge on any atom is -0.478 e. The largest absolute Gasteiger partial charge is 0.478 e. The Labute approximate surface area is 91.1 Å². The van der Waals surface area contributed by atoms with Crippen LogP contribution >= 0.6 is 11.6 Å². The van der Waals surface area contributed by atoms with Crippen molar-refractivity contribution in [3.8, 4) is 0 Å². The highest BCUT2D eigenvalue weighted by molar-refractivity contribution is 6.35. The zero-order valence-electron chi connectivity index (χ0n) is 8.17. The van der Waals surface area contributed by atoms with Crippen LogP contribution in [0.15, 0.2) is 6.07 Å². The molecule has 0 fully saturated rings. The van der Waals surface area contributed by atoms with Gasteiger partial charge in [0.15, 0.2) is 0 Å². The first kappa shape index (κ1) is 11.5. The summed E-state index contributed by atoms with van der Waals surface area (Å²) in [5.74, 6) is -2.63. The Morgan fingerprint density at radius 3 is 2.13 bits per heavy atom. The maximum absolute atomic E-state index is 10.9. The van der Waals surface area contributed by atoms with Gasteiger partial charge in [0.2, 0.25) is 0 Å². The van der Waals surface area contributed by atoms with Gasteiger partial charge in [-0.1, -0.05) is 11.6 Å². The van der Waals surface area contributed by atoms with Gasteiger partial charge in [-0.3, -0.25) is 0 Å². The van der Waals surface area contributed by atoms with E-state index in [2.05, 4.69) is 0 Å². The molecule has 1 aromatic carbocycles. The van der Waals surface area contributed by atoms with Crippen LogP contribution in [0.1, 0.15) is 31.8 Å². The first-order valence-corrected chi connectivity index (χ1v) is 4.50. The van der Waals surface area contributed by atoms with E-state index in [0.717, 1.165) is 0 Å². The number of carboxylic acid groups (broad SMARTS) is 2. The molecule has 0 aliphatic heterocycles. The third kappa shape index (κ3) is 1.94. The average Bonchev–Trinajstić information content (AvgIpc) is 2.12. The Morgan fingerprint density at radius 2 is 1.73 bits per heavy atom. The van der Waals surface area contributed by atoms with E-state index in [9.17, 15) is 9.59 Å². The predicted octanol–water partition coefficient (Wildman–Crippen LogP) is 2.35. The number of aryl methyl sites for hydroxylation is 1. The van der Waals surface area contributed by atoms with E-state index in [4.69, 9.17) is 21.8 Å². The first-order chi connectivity index (χ1) is 6.86. The summed E-state index contributed by atoms with van der Waals surface area (Å²) < 4.78 is 0. The molecular weight excluding hydrogens is 220 g/mol. The molecule has 0 aromatic heterocycles. The van der Waals surface area contributed by atoms with Gasteiger partial charge >= 0.3 is 11.9 Å². The van der Waals surface area contributed by atoms with Gasteiger partial charge in [-0.2, -0.15) is 0 Å². The lowest BCUT2D eigenvalue weighted by molar-refractivity contribution is 0.0651. The number of halogens is 1. The summed E-state index contributed by atoms with van der Waals surface area (Å²) in [6.45, 7) is 3.33. The molecule has 1 aromatic rings. The second-order valence-electron chi connectivity index (χ2n) is 3.17. The Morgan fingerprint density at radius 1 is 1.20 bits per heavy atom. The van der Waals surface area contributed by atoms with E-state index in [0.29, 0.717) is 11.1 Å². The lowest BCUT2D eigenvalue weighted by atomic mass is 10.00. The molecule has 0 aliphatic carbocycles. The quantitative estimate of drug-likeness (QED) is 0.815. The molecule has 0 aliphatic rings. The van der Waals surface area contributed by atoms with E-state index in [1.165, 1.54) is 6.07 Å². The molecule has 0 saturated carbocycles. The average molecular weight is 229 g/mol. The molecule has 15 heavy (non-hydrogen) atoms. The Bertz CT molecular complexity index is 451. The summed E-state index contributed by atoms with van der Waals surface area (Å²) in [4.78, 5) is 21.7. The molecule has 0 unspecified atom stereocenters. The molecule has 5 heteroatoms. The summed E-state index contributed by atoms with van der Waals surface area (Å²) in [7, 11) is 0. The number of benzene rings is 1. The van der Waals surface area contributed by atoms with Crippen LogP contribution in [-0.4, -0.2) is 22.2 Å². The normalized spacial score (nSPS) is 10.1. The van der Waals surface area contributed by atoms with Crippen LogP contribution in [0.3, 0.4) is 0 Å². The fourth-order valence-corrected chi connectivity index (χ4v) is 1.59. The fraction of sp³-hybridized carbons (Fsp3) is 0.200. The van der Waals surface area contributed by atoms with Crippen molar-refractivity contribution < 1.29 is 19.8 Å². The van der Waals surface area contributed by atoms with Crippen molar-refractivity contribution in [2.45, 2.75) is 13.8 Å². The molecule has 0 atom stereocenters. The van der Waals surface area contributed by atoms with E-state index in [1.54, 1.807) is 13.8 Å². The van der Waals surface area contributed by atoms with Crippen molar-refractivity contribution >= 4 is 23.5 Å². The fourth-order valence-electron chi connectivity index (χ4n) is 1.25. The standard InChI is InChI=1S/C10H9ClO4/c1-4-3-6(9(12)13)7(10(14)15)8(11)5(4)2/h3H,1-2H3,(H,12,13)(H,14,15). The Kier molecular flexibility index (Phi) is 3.00. The predicted molar refractivity (Wildman–Crippen MR) is 54.8 cm³/mol. The molecule has 0 bridgehead atoms. The molecule has 0 heterocycles. The number of hydrogen-bond acceptors (Lipinski definition) is 2. The van der Waals surface area contributed by atoms with E-state index in [1.807, 2.05) is 0 Å². The van der Waals surface area contributed by atoms with Crippen LogP contribution in [0, 0.1) is 13.8 Å².